The maximum Gasteiger partial charge on any atom is 0.254 e. The van der Waals surface area contributed by atoms with Gasteiger partial charge in [-0.1, -0.05) is 41.5 Å². The van der Waals surface area contributed by atoms with E-state index < -0.39 is 0 Å². The van der Waals surface area contributed by atoms with Crippen LogP contribution in [0.2, 0.25) is 0 Å². The molecule has 1 aromatic carbocycles. The van der Waals surface area contributed by atoms with Crippen LogP contribution in [-0.4, -0.2) is 28.6 Å². The number of hydrogen-bond donors (Lipinski definition) is 1. The average Bonchev–Trinajstić information content (AvgIpc) is 2.97. The van der Waals surface area contributed by atoms with Crippen molar-refractivity contribution >= 4 is 5.91 Å². The maximum atomic E-state index is 12.6. The van der Waals surface area contributed by atoms with E-state index in [0.717, 1.165) is 24.8 Å². The minimum atomic E-state index is -0.290. The highest BCUT2D eigenvalue weighted by Gasteiger charge is 2.65. The highest BCUT2D eigenvalue weighted by Crippen LogP contribution is 2.65. The number of ether oxygens (including phenoxy) is 1. The van der Waals surface area contributed by atoms with Crippen LogP contribution in [0.25, 0.3) is 0 Å². The monoisotopic (exact) mass is 413 g/mol. The molecule has 3 aliphatic rings. The van der Waals surface area contributed by atoms with Gasteiger partial charge in [0, 0.05) is 30.0 Å². The second kappa shape index (κ2) is 6.90. The topological polar surface area (TPSA) is 49.8 Å². The highest BCUT2D eigenvalue weighted by molar-refractivity contribution is 5.99. The van der Waals surface area contributed by atoms with Crippen LogP contribution >= 0.6 is 0 Å². The Balaban J connectivity index is 1.88. The second-order valence-corrected chi connectivity index (χ2v) is 11.2. The molecule has 1 aromatic rings. The third kappa shape index (κ3) is 2.74. The summed E-state index contributed by atoms with van der Waals surface area (Å²) in [5, 5.41) is 10.4. The molecule has 0 saturated heterocycles. The first-order valence-corrected chi connectivity index (χ1v) is 11.8. The quantitative estimate of drug-likeness (QED) is 0.660. The van der Waals surface area contributed by atoms with E-state index in [0.29, 0.717) is 35.6 Å². The minimum absolute atomic E-state index is 0.0346. The molecule has 0 bridgehead atoms. The van der Waals surface area contributed by atoms with E-state index in [1.807, 2.05) is 7.05 Å². The van der Waals surface area contributed by atoms with Gasteiger partial charge in [0.1, 0.15) is 17.1 Å². The zero-order valence-corrected chi connectivity index (χ0v) is 19.8. The smallest absolute Gasteiger partial charge is 0.254 e. The van der Waals surface area contributed by atoms with Crippen molar-refractivity contribution in [1.82, 2.24) is 4.90 Å². The molecule has 1 amide bonds. The van der Waals surface area contributed by atoms with Crippen LogP contribution in [0.4, 0.5) is 0 Å². The van der Waals surface area contributed by atoms with Crippen LogP contribution in [0, 0.1) is 28.6 Å². The number of carbonyl (C=O) groups is 1. The van der Waals surface area contributed by atoms with Gasteiger partial charge in [0.15, 0.2) is 0 Å². The number of amides is 1. The largest absolute Gasteiger partial charge is 0.508 e. The zero-order chi connectivity index (χ0) is 22.1. The normalized spacial score (nSPS) is 37.6. The molecule has 4 nitrogen and oxygen atoms in total. The number of phenolic OH excluding ortho intramolecular Hbond substituents is 1. The second-order valence-electron chi connectivity index (χ2n) is 11.2. The first kappa shape index (κ1) is 21.5. The summed E-state index contributed by atoms with van der Waals surface area (Å²) in [4.78, 5) is 14.3. The predicted molar refractivity (Wildman–Crippen MR) is 120 cm³/mol. The molecule has 5 unspecified atom stereocenters. The SMILES string of the molecule is CCC1(C)C(C)CCC2C(C)(C)C(C)CCC21Oc1cc(O)cc2c1CN(C)C2=O. The van der Waals surface area contributed by atoms with Gasteiger partial charge in [0.2, 0.25) is 0 Å². The molecule has 2 fully saturated rings. The van der Waals surface area contributed by atoms with Gasteiger partial charge in [0.05, 0.1) is 12.1 Å². The van der Waals surface area contributed by atoms with E-state index in [1.54, 1.807) is 17.0 Å². The Morgan fingerprint density at radius 1 is 1.13 bits per heavy atom. The number of aromatic hydroxyl groups is 1. The lowest BCUT2D eigenvalue weighted by molar-refractivity contribution is -0.215. The minimum Gasteiger partial charge on any atom is -0.508 e. The Bertz CT molecular complexity index is 862. The fraction of sp³-hybridized carbons (Fsp3) is 0.731. The Hall–Kier alpha value is -1.71. The molecule has 1 heterocycles. The Kier molecular flexibility index (Phi) is 4.95. The summed E-state index contributed by atoms with van der Waals surface area (Å²) in [6, 6.07) is 3.34. The molecule has 0 aromatic heterocycles. The van der Waals surface area contributed by atoms with E-state index >= 15 is 0 Å². The maximum absolute atomic E-state index is 12.6. The number of rotatable bonds is 3. The first-order valence-electron chi connectivity index (χ1n) is 11.8. The summed E-state index contributed by atoms with van der Waals surface area (Å²) in [5.74, 6) is 2.46. The zero-order valence-electron chi connectivity index (χ0n) is 19.8. The van der Waals surface area contributed by atoms with E-state index in [4.69, 9.17) is 4.74 Å². The Morgan fingerprint density at radius 2 is 1.83 bits per heavy atom. The number of carbonyl (C=O) groups excluding carboxylic acids is 1. The van der Waals surface area contributed by atoms with Gasteiger partial charge in [-0.15, -0.1) is 0 Å². The fourth-order valence-electron chi connectivity index (χ4n) is 7.04. The Morgan fingerprint density at radius 3 is 2.50 bits per heavy atom. The van der Waals surface area contributed by atoms with Crippen molar-refractivity contribution < 1.29 is 14.6 Å². The van der Waals surface area contributed by atoms with E-state index in [-0.39, 0.29) is 28.1 Å². The van der Waals surface area contributed by atoms with Crippen molar-refractivity contribution in [3.8, 4) is 11.5 Å². The van der Waals surface area contributed by atoms with Crippen LogP contribution in [0.1, 0.15) is 89.6 Å². The molecule has 1 aliphatic heterocycles. The molecule has 4 heteroatoms. The molecule has 0 spiro atoms. The molecular formula is C26H39NO3. The van der Waals surface area contributed by atoms with Gasteiger partial charge < -0.3 is 14.7 Å². The van der Waals surface area contributed by atoms with Crippen LogP contribution in [0.5, 0.6) is 11.5 Å². The van der Waals surface area contributed by atoms with Crippen molar-refractivity contribution in [1.29, 1.82) is 0 Å². The Labute approximate surface area is 182 Å². The summed E-state index contributed by atoms with van der Waals surface area (Å²) in [7, 11) is 1.81. The van der Waals surface area contributed by atoms with Crippen molar-refractivity contribution in [2.75, 3.05) is 7.05 Å². The number of benzene rings is 1. The summed E-state index contributed by atoms with van der Waals surface area (Å²) < 4.78 is 7.19. The van der Waals surface area contributed by atoms with E-state index in [9.17, 15) is 9.90 Å². The highest BCUT2D eigenvalue weighted by atomic mass is 16.5. The molecule has 5 atom stereocenters. The van der Waals surface area contributed by atoms with Gasteiger partial charge in [-0.2, -0.15) is 0 Å². The first-order chi connectivity index (χ1) is 14.0. The molecule has 166 valence electrons. The summed E-state index contributed by atoms with van der Waals surface area (Å²) in [6.07, 6.45) is 5.65. The van der Waals surface area contributed by atoms with Crippen molar-refractivity contribution in [3.05, 3.63) is 23.3 Å². The number of phenols is 1. The lowest BCUT2D eigenvalue weighted by atomic mass is 9.43. The molecule has 30 heavy (non-hydrogen) atoms. The van der Waals surface area contributed by atoms with E-state index in [1.165, 1.54) is 12.8 Å². The third-order valence-corrected chi connectivity index (χ3v) is 9.82. The van der Waals surface area contributed by atoms with Crippen LogP contribution < -0.4 is 4.74 Å². The van der Waals surface area contributed by atoms with Gasteiger partial charge in [-0.05, 0) is 55.4 Å². The van der Waals surface area contributed by atoms with Gasteiger partial charge >= 0.3 is 0 Å². The molecule has 2 aliphatic carbocycles. The summed E-state index contributed by atoms with van der Waals surface area (Å²) in [6.45, 7) is 14.9. The van der Waals surface area contributed by atoms with Crippen LogP contribution in [-0.2, 0) is 6.54 Å². The summed E-state index contributed by atoms with van der Waals surface area (Å²) in [5.41, 5.74) is 1.45. The summed E-state index contributed by atoms with van der Waals surface area (Å²) >= 11 is 0. The lowest BCUT2D eigenvalue weighted by Gasteiger charge is -2.65. The molecule has 1 N–H and O–H groups in total. The number of hydrogen-bond acceptors (Lipinski definition) is 3. The van der Waals surface area contributed by atoms with Crippen LogP contribution in [0.15, 0.2) is 12.1 Å². The van der Waals surface area contributed by atoms with Gasteiger partial charge in [0.25, 0.3) is 5.91 Å². The molecule has 0 radical (unpaired) electrons. The van der Waals surface area contributed by atoms with Gasteiger partial charge in [-0.25, -0.2) is 0 Å². The standard InChI is InChI=1S/C26H39NO3/c1-8-25(6)17(3)9-10-22-24(4,5)16(2)11-12-26(22,25)30-21-14-18(28)13-19-20(21)15-27(7)23(19)29/h13-14,16-17,22,28H,8-12,15H2,1-7H3. The van der Waals surface area contributed by atoms with Crippen molar-refractivity contribution in [2.45, 2.75) is 85.8 Å². The number of fused-ring (bicyclic) bond motifs is 2. The predicted octanol–water partition coefficient (Wildman–Crippen LogP) is 6.01. The molecule has 4 rings (SSSR count). The fourth-order valence-corrected chi connectivity index (χ4v) is 7.04. The average molecular weight is 414 g/mol. The number of nitrogens with zero attached hydrogens (tertiary/aromatic N) is 1. The third-order valence-electron chi connectivity index (χ3n) is 9.82. The molecule has 2 saturated carbocycles. The van der Waals surface area contributed by atoms with Crippen LogP contribution in [0.3, 0.4) is 0 Å². The lowest BCUT2D eigenvalue weighted by Crippen LogP contribution is -2.67. The molecular weight excluding hydrogens is 374 g/mol. The van der Waals surface area contributed by atoms with Crippen molar-refractivity contribution in [3.63, 3.8) is 0 Å². The van der Waals surface area contributed by atoms with E-state index in [2.05, 4.69) is 41.5 Å². The van der Waals surface area contributed by atoms with Crippen molar-refractivity contribution in [2.24, 2.45) is 28.6 Å². The van der Waals surface area contributed by atoms with Gasteiger partial charge in [-0.3, -0.25) is 4.79 Å².